The molecule has 160 valence electrons. The molecule has 0 aliphatic carbocycles. The summed E-state index contributed by atoms with van der Waals surface area (Å²) in [6.07, 6.45) is 0. The molecule has 0 aliphatic heterocycles. The molecule has 2 rings (SSSR count). The van der Waals surface area contributed by atoms with Gasteiger partial charge in [-0.05, 0) is 0 Å². The zero-order chi connectivity index (χ0) is 20.7. The smallest absolute Gasteiger partial charge is 0.270 e. The third kappa shape index (κ3) is 6.77. The summed E-state index contributed by atoms with van der Waals surface area (Å²) in [6, 6.07) is 3.00. The lowest BCUT2D eigenvalue weighted by atomic mass is 10.1. The summed E-state index contributed by atoms with van der Waals surface area (Å²) in [7, 11) is 2.77. The molecule has 11 heteroatoms. The number of nitrogens with zero attached hydrogens (tertiary/aromatic N) is 1. The van der Waals surface area contributed by atoms with Gasteiger partial charge < -0.3 is 25.2 Å². The maximum Gasteiger partial charge on any atom is 0.270 e. The van der Waals surface area contributed by atoms with E-state index in [1.165, 1.54) is 26.4 Å². The monoisotopic (exact) mass is 444 g/mol. The Balaban J connectivity index is 0.00000420. The number of thiazole rings is 1. The number of phenolic OH excluding ortho intramolecular Hbond substituents is 1. The minimum atomic E-state index is -0.502. The number of ether oxygens (including phenoxy) is 2. The van der Waals surface area contributed by atoms with Gasteiger partial charge in [-0.25, -0.2) is 4.98 Å². The number of carbonyl (C=O) groups is 2. The summed E-state index contributed by atoms with van der Waals surface area (Å²) in [5.41, 5.74) is 0.387. The van der Waals surface area contributed by atoms with Crippen LogP contribution >= 0.6 is 23.7 Å². The second-order valence-corrected chi connectivity index (χ2v) is 6.94. The van der Waals surface area contributed by atoms with E-state index in [-0.39, 0.29) is 52.0 Å². The van der Waals surface area contributed by atoms with Crippen molar-refractivity contribution in [2.75, 3.05) is 32.6 Å². The Morgan fingerprint density at radius 3 is 2.45 bits per heavy atom. The van der Waals surface area contributed by atoms with E-state index in [0.717, 1.165) is 11.3 Å². The van der Waals surface area contributed by atoms with Gasteiger partial charge in [-0.1, -0.05) is 13.8 Å². The number of rotatable bonds is 9. The lowest BCUT2D eigenvalue weighted by Gasteiger charge is -2.11. The van der Waals surface area contributed by atoms with E-state index in [9.17, 15) is 14.7 Å². The highest BCUT2D eigenvalue weighted by Crippen LogP contribution is 2.34. The van der Waals surface area contributed by atoms with Crippen molar-refractivity contribution < 1.29 is 24.2 Å². The third-order valence-electron chi connectivity index (χ3n) is 3.67. The van der Waals surface area contributed by atoms with Crippen molar-refractivity contribution >= 4 is 40.7 Å². The van der Waals surface area contributed by atoms with Gasteiger partial charge in [0.05, 0.1) is 19.8 Å². The first-order chi connectivity index (χ1) is 13.3. The molecule has 1 aromatic carbocycles. The molecule has 2 aromatic rings. The van der Waals surface area contributed by atoms with Gasteiger partial charge >= 0.3 is 0 Å². The van der Waals surface area contributed by atoms with Crippen LogP contribution in [0.2, 0.25) is 0 Å². The van der Waals surface area contributed by atoms with Crippen LogP contribution in [0.1, 0.15) is 34.7 Å². The van der Waals surface area contributed by atoms with Gasteiger partial charge in [0.15, 0.2) is 16.6 Å². The zero-order valence-corrected chi connectivity index (χ0v) is 18.2. The lowest BCUT2D eigenvalue weighted by molar-refractivity contribution is 0.0947. The number of hydrogen-bond acceptors (Lipinski definition) is 8. The number of nitrogens with one attached hydrogen (secondary N) is 3. The summed E-state index contributed by atoms with van der Waals surface area (Å²) >= 11 is 1.13. The number of amides is 2. The number of methoxy groups -OCH3 is 2. The Bertz CT molecular complexity index is 844. The Labute approximate surface area is 179 Å². The van der Waals surface area contributed by atoms with Gasteiger partial charge in [-0.2, -0.15) is 0 Å². The third-order valence-corrected chi connectivity index (χ3v) is 4.42. The van der Waals surface area contributed by atoms with Crippen LogP contribution in [0.5, 0.6) is 17.2 Å². The van der Waals surface area contributed by atoms with Crippen molar-refractivity contribution in [2.24, 2.45) is 0 Å². The lowest BCUT2D eigenvalue weighted by Crippen LogP contribution is -2.34. The van der Waals surface area contributed by atoms with Gasteiger partial charge in [-0.15, -0.1) is 23.7 Å². The van der Waals surface area contributed by atoms with Crippen molar-refractivity contribution in [2.45, 2.75) is 19.9 Å². The number of phenols is 1. The highest BCUT2D eigenvalue weighted by molar-refractivity contribution is 7.14. The van der Waals surface area contributed by atoms with Gasteiger partial charge in [0.2, 0.25) is 0 Å². The first-order valence-electron chi connectivity index (χ1n) is 8.59. The molecule has 2 amide bonds. The zero-order valence-electron chi connectivity index (χ0n) is 16.6. The van der Waals surface area contributed by atoms with Crippen LogP contribution in [-0.4, -0.2) is 55.3 Å². The minimum absolute atomic E-state index is 0. The summed E-state index contributed by atoms with van der Waals surface area (Å²) in [5.74, 6) is -0.636. The van der Waals surface area contributed by atoms with E-state index < -0.39 is 5.91 Å². The van der Waals surface area contributed by atoms with Crippen LogP contribution in [0.15, 0.2) is 17.5 Å². The van der Waals surface area contributed by atoms with Crippen molar-refractivity contribution in [1.82, 2.24) is 15.6 Å². The molecule has 1 aromatic heterocycles. The Hall–Kier alpha value is -2.56. The number of halogens is 1. The van der Waals surface area contributed by atoms with Crippen LogP contribution in [0, 0.1) is 0 Å². The first-order valence-corrected chi connectivity index (χ1v) is 9.47. The number of hydrogen-bond donors (Lipinski definition) is 4. The van der Waals surface area contributed by atoms with Crippen LogP contribution in [0.4, 0.5) is 5.13 Å². The molecule has 0 radical (unpaired) electrons. The topological polar surface area (TPSA) is 122 Å². The maximum absolute atomic E-state index is 12.6. The molecule has 0 bridgehead atoms. The van der Waals surface area contributed by atoms with Gasteiger partial charge in [0.1, 0.15) is 11.4 Å². The Morgan fingerprint density at radius 2 is 1.83 bits per heavy atom. The summed E-state index contributed by atoms with van der Waals surface area (Å²) in [4.78, 5) is 28.8. The molecular formula is C18H25ClN4O5S. The molecule has 0 aliphatic rings. The van der Waals surface area contributed by atoms with E-state index in [1.54, 1.807) is 5.38 Å². The van der Waals surface area contributed by atoms with Gasteiger partial charge in [0, 0.05) is 36.6 Å². The van der Waals surface area contributed by atoms with Crippen LogP contribution in [-0.2, 0) is 0 Å². The van der Waals surface area contributed by atoms with E-state index in [1.807, 2.05) is 13.8 Å². The van der Waals surface area contributed by atoms with Crippen molar-refractivity contribution in [3.63, 3.8) is 0 Å². The van der Waals surface area contributed by atoms with E-state index in [2.05, 4.69) is 20.9 Å². The fraction of sp³-hybridized carbons (Fsp3) is 0.389. The molecule has 0 saturated carbocycles. The second-order valence-electron chi connectivity index (χ2n) is 6.08. The fourth-order valence-electron chi connectivity index (χ4n) is 2.29. The molecular weight excluding hydrogens is 420 g/mol. The summed E-state index contributed by atoms with van der Waals surface area (Å²) in [6.45, 7) is 5.17. The minimum Gasteiger partial charge on any atom is -0.504 e. The largest absolute Gasteiger partial charge is 0.504 e. The number of aromatic hydroxyl groups is 1. The SMILES string of the molecule is COc1cc(C(=O)Nc2nc(C(=O)NCCNC(C)C)cs2)c(OC)cc1O.Cl. The maximum atomic E-state index is 12.6. The Kier molecular flexibility index (Phi) is 9.66. The fourth-order valence-corrected chi connectivity index (χ4v) is 2.97. The first kappa shape index (κ1) is 24.5. The molecule has 0 saturated heterocycles. The van der Waals surface area contributed by atoms with Crippen molar-refractivity contribution in [1.29, 1.82) is 0 Å². The molecule has 0 spiro atoms. The number of benzene rings is 1. The number of aromatic nitrogens is 1. The normalized spacial score (nSPS) is 10.2. The molecule has 9 nitrogen and oxygen atoms in total. The number of anilines is 1. The van der Waals surface area contributed by atoms with Gasteiger partial charge in [0.25, 0.3) is 11.8 Å². The Morgan fingerprint density at radius 1 is 1.14 bits per heavy atom. The van der Waals surface area contributed by atoms with Crippen LogP contribution in [0.25, 0.3) is 0 Å². The molecule has 0 atom stereocenters. The molecule has 0 unspecified atom stereocenters. The quantitative estimate of drug-likeness (QED) is 0.437. The van der Waals surface area contributed by atoms with Crippen LogP contribution < -0.4 is 25.4 Å². The average Bonchev–Trinajstić information content (AvgIpc) is 3.13. The molecule has 4 N–H and O–H groups in total. The average molecular weight is 445 g/mol. The summed E-state index contributed by atoms with van der Waals surface area (Å²) in [5, 5.41) is 20.2. The second kappa shape index (κ2) is 11.4. The molecule has 29 heavy (non-hydrogen) atoms. The van der Waals surface area contributed by atoms with E-state index in [4.69, 9.17) is 9.47 Å². The highest BCUT2D eigenvalue weighted by atomic mass is 35.5. The standard InChI is InChI=1S/C18H24N4O5S.ClH/c1-10(2)19-5-6-20-17(25)12-9-28-18(21-12)22-16(24)11-7-15(27-4)13(23)8-14(11)26-3;/h7-10,19,23H,5-6H2,1-4H3,(H,20,25)(H,21,22,24);1H. The predicted octanol–water partition coefficient (Wildman–Crippen LogP) is 2.27. The summed E-state index contributed by atoms with van der Waals surface area (Å²) < 4.78 is 10.2. The molecule has 1 heterocycles. The van der Waals surface area contributed by atoms with E-state index >= 15 is 0 Å². The molecule has 0 fully saturated rings. The van der Waals surface area contributed by atoms with Crippen LogP contribution in [0.3, 0.4) is 0 Å². The number of carbonyl (C=O) groups excluding carboxylic acids is 2. The van der Waals surface area contributed by atoms with Gasteiger partial charge in [-0.3, -0.25) is 14.9 Å². The van der Waals surface area contributed by atoms with Crippen molar-refractivity contribution in [3.05, 3.63) is 28.8 Å². The highest BCUT2D eigenvalue weighted by Gasteiger charge is 2.19. The predicted molar refractivity (Wildman–Crippen MR) is 114 cm³/mol. The van der Waals surface area contributed by atoms with E-state index in [0.29, 0.717) is 19.1 Å². The van der Waals surface area contributed by atoms with Crippen molar-refractivity contribution in [3.8, 4) is 17.2 Å².